The van der Waals surface area contributed by atoms with E-state index in [0.717, 1.165) is 52.5 Å². The first-order valence-corrected chi connectivity index (χ1v) is 12.9. The summed E-state index contributed by atoms with van der Waals surface area (Å²) >= 11 is 5.96. The molecule has 7 heteroatoms. The van der Waals surface area contributed by atoms with Gasteiger partial charge in [0.15, 0.2) is 6.29 Å². The lowest BCUT2D eigenvalue weighted by Crippen LogP contribution is -2.42. The Balaban J connectivity index is 1.31. The molecule has 2 amide bonds. The molecule has 1 saturated heterocycles. The number of likely N-dealkylation sites (tertiary alicyclic amines) is 1. The fourth-order valence-electron chi connectivity index (χ4n) is 4.67. The summed E-state index contributed by atoms with van der Waals surface area (Å²) in [6.45, 7) is 3.16. The molecule has 0 aromatic heterocycles. The summed E-state index contributed by atoms with van der Waals surface area (Å²) in [5.41, 5.74) is 4.57. The van der Waals surface area contributed by atoms with Crippen molar-refractivity contribution < 1.29 is 19.2 Å². The summed E-state index contributed by atoms with van der Waals surface area (Å²) in [5.74, 6) is -0.0229. The zero-order valence-corrected chi connectivity index (χ0v) is 21.9. The monoisotopic (exact) mass is 518 g/mol. The van der Waals surface area contributed by atoms with Crippen molar-refractivity contribution in [2.75, 3.05) is 20.1 Å². The molecule has 0 bridgehead atoms. The smallest absolute Gasteiger partial charge is 0.319 e. The normalized spacial score (nSPS) is 13.8. The van der Waals surface area contributed by atoms with Crippen molar-refractivity contribution in [3.8, 4) is 11.1 Å². The van der Waals surface area contributed by atoms with E-state index in [0.29, 0.717) is 25.3 Å². The number of aryl methyl sites for hydroxylation is 2. The summed E-state index contributed by atoms with van der Waals surface area (Å²) in [5, 5.41) is 1.64. The summed E-state index contributed by atoms with van der Waals surface area (Å²) in [7, 11) is 1.39. The number of halogens is 1. The summed E-state index contributed by atoms with van der Waals surface area (Å²) < 4.78 is 0. The van der Waals surface area contributed by atoms with Crippen LogP contribution in [0.1, 0.15) is 51.1 Å². The lowest BCUT2D eigenvalue weighted by atomic mass is 9.91. The highest BCUT2D eigenvalue weighted by molar-refractivity contribution is 6.30. The Bertz CT molecular complexity index is 1270. The maximum absolute atomic E-state index is 13.0. The summed E-state index contributed by atoms with van der Waals surface area (Å²) in [6.07, 6.45) is 3.89. The van der Waals surface area contributed by atoms with Crippen LogP contribution >= 0.6 is 11.6 Å². The molecule has 6 nitrogen and oxygen atoms in total. The number of carbonyl (C=O) groups is 3. The van der Waals surface area contributed by atoms with Gasteiger partial charge in [0.05, 0.1) is 5.56 Å². The molecule has 0 unspecified atom stereocenters. The Kier molecular flexibility index (Phi) is 8.62. The van der Waals surface area contributed by atoms with Crippen molar-refractivity contribution in [1.29, 1.82) is 0 Å². The molecule has 3 aromatic carbocycles. The predicted molar refractivity (Wildman–Crippen MR) is 145 cm³/mol. The highest BCUT2D eigenvalue weighted by Gasteiger charge is 2.27. The molecule has 1 heterocycles. The Morgan fingerprint density at radius 1 is 1.03 bits per heavy atom. The first-order chi connectivity index (χ1) is 17.8. The van der Waals surface area contributed by atoms with Crippen molar-refractivity contribution in [3.63, 3.8) is 0 Å². The van der Waals surface area contributed by atoms with Crippen molar-refractivity contribution in [3.05, 3.63) is 94.0 Å². The molecular formula is C30H31ClN2O4. The second-order valence-electron chi connectivity index (χ2n) is 9.54. The number of piperidine rings is 1. The Labute approximate surface area is 222 Å². The predicted octanol–water partition coefficient (Wildman–Crippen LogP) is 6.60. The molecule has 0 radical (unpaired) electrons. The van der Waals surface area contributed by atoms with E-state index in [2.05, 4.69) is 0 Å². The van der Waals surface area contributed by atoms with E-state index in [1.165, 1.54) is 12.6 Å². The van der Waals surface area contributed by atoms with Crippen LogP contribution in [-0.2, 0) is 11.3 Å². The molecule has 1 aliphatic rings. The largest absolute Gasteiger partial charge is 0.434 e. The number of hydrogen-bond donors (Lipinski definition) is 0. The minimum absolute atomic E-state index is 0.183. The summed E-state index contributed by atoms with van der Waals surface area (Å²) in [6, 6.07) is 20.9. The van der Waals surface area contributed by atoms with E-state index in [1.54, 1.807) is 23.1 Å². The van der Waals surface area contributed by atoms with E-state index in [4.69, 9.17) is 16.4 Å². The van der Waals surface area contributed by atoms with Gasteiger partial charge in [-0.15, -0.1) is 0 Å². The average Bonchev–Trinajstić information content (AvgIpc) is 2.92. The number of carbonyl (C=O) groups excluding carboxylic acids is 3. The van der Waals surface area contributed by atoms with Gasteiger partial charge in [0, 0.05) is 30.7 Å². The molecule has 3 aromatic rings. The van der Waals surface area contributed by atoms with E-state index in [9.17, 15) is 14.4 Å². The number of aldehydes is 1. The van der Waals surface area contributed by atoms with Crippen LogP contribution in [0.25, 0.3) is 11.1 Å². The maximum atomic E-state index is 13.0. The van der Waals surface area contributed by atoms with Crippen LogP contribution in [0.2, 0.25) is 5.02 Å². The lowest BCUT2D eigenvalue weighted by Gasteiger charge is -2.32. The highest BCUT2D eigenvalue weighted by atomic mass is 35.5. The summed E-state index contributed by atoms with van der Waals surface area (Å²) in [4.78, 5) is 44.5. The van der Waals surface area contributed by atoms with E-state index in [-0.39, 0.29) is 11.1 Å². The molecule has 0 saturated carbocycles. The van der Waals surface area contributed by atoms with Crippen molar-refractivity contribution in [2.45, 2.75) is 32.6 Å². The van der Waals surface area contributed by atoms with E-state index < -0.39 is 12.0 Å². The zero-order chi connectivity index (χ0) is 26.4. The van der Waals surface area contributed by atoms with E-state index in [1.807, 2.05) is 55.5 Å². The van der Waals surface area contributed by atoms with Gasteiger partial charge in [0.25, 0.3) is 5.91 Å². The van der Waals surface area contributed by atoms with Gasteiger partial charge in [-0.05, 0) is 79.5 Å². The van der Waals surface area contributed by atoms with Gasteiger partial charge in [0.1, 0.15) is 0 Å². The zero-order valence-electron chi connectivity index (χ0n) is 21.2. The van der Waals surface area contributed by atoms with Crippen LogP contribution in [0.4, 0.5) is 4.79 Å². The first-order valence-electron chi connectivity index (χ1n) is 12.5. The van der Waals surface area contributed by atoms with Crippen molar-refractivity contribution in [2.24, 2.45) is 5.92 Å². The van der Waals surface area contributed by atoms with Gasteiger partial charge < -0.3 is 9.74 Å². The molecule has 4 rings (SSSR count). The third-order valence-corrected chi connectivity index (χ3v) is 7.14. The number of amides is 2. The van der Waals surface area contributed by atoms with Gasteiger partial charge in [-0.25, -0.2) is 4.79 Å². The molecule has 192 valence electrons. The third-order valence-electron chi connectivity index (χ3n) is 6.89. The highest BCUT2D eigenvalue weighted by Crippen LogP contribution is 2.25. The Hall–Kier alpha value is -3.64. The molecule has 1 fully saturated rings. The fraction of sp³-hybridized carbons (Fsp3) is 0.300. The van der Waals surface area contributed by atoms with Crippen molar-refractivity contribution in [1.82, 2.24) is 9.96 Å². The number of rotatable bonds is 6. The fourth-order valence-corrected chi connectivity index (χ4v) is 4.80. The molecule has 0 spiro atoms. The number of nitrogens with zero attached hydrogens (tertiary/aromatic N) is 2. The lowest BCUT2D eigenvalue weighted by molar-refractivity contribution is -0.0678. The van der Waals surface area contributed by atoms with E-state index >= 15 is 0 Å². The molecule has 1 aliphatic heterocycles. The van der Waals surface area contributed by atoms with Gasteiger partial charge in [-0.1, -0.05) is 59.6 Å². The SMILES string of the molecule is Cc1cccc(-c2ccc(C(=O)N(C)OC(=O)N3CCC(CCc4ccc(Cl)cc4)CC3)c(C=O)c2)c1. The van der Waals surface area contributed by atoms with Crippen LogP contribution in [0.3, 0.4) is 0 Å². The van der Waals surface area contributed by atoms with Crippen LogP contribution < -0.4 is 0 Å². The first kappa shape index (κ1) is 26.4. The minimum Gasteiger partial charge on any atom is -0.319 e. The average molecular weight is 519 g/mol. The van der Waals surface area contributed by atoms with Crippen LogP contribution in [0, 0.1) is 12.8 Å². The Morgan fingerprint density at radius 2 is 1.73 bits per heavy atom. The van der Waals surface area contributed by atoms with Gasteiger partial charge in [-0.2, -0.15) is 5.06 Å². The molecule has 0 N–H and O–H groups in total. The molecule has 0 aliphatic carbocycles. The molecule has 0 atom stereocenters. The Morgan fingerprint density at radius 3 is 2.41 bits per heavy atom. The number of hydrogen-bond acceptors (Lipinski definition) is 4. The van der Waals surface area contributed by atoms with Gasteiger partial charge in [-0.3, -0.25) is 9.59 Å². The second kappa shape index (κ2) is 12.1. The van der Waals surface area contributed by atoms with Crippen LogP contribution in [0.5, 0.6) is 0 Å². The minimum atomic E-state index is -0.559. The van der Waals surface area contributed by atoms with Crippen LogP contribution in [0.15, 0.2) is 66.7 Å². The topological polar surface area (TPSA) is 66.9 Å². The maximum Gasteiger partial charge on any atom is 0.434 e. The number of hydroxylamine groups is 2. The molecular weight excluding hydrogens is 488 g/mol. The van der Waals surface area contributed by atoms with Crippen molar-refractivity contribution >= 4 is 29.9 Å². The van der Waals surface area contributed by atoms with Gasteiger partial charge in [0.2, 0.25) is 0 Å². The standard InChI is InChI=1S/C30H31ClN2O4/c1-21-4-3-5-24(18-21)25-10-13-28(26(19-25)20-34)29(35)32(2)37-30(36)33-16-14-23(15-17-33)7-6-22-8-11-27(31)12-9-22/h3-5,8-13,18-20,23H,6-7,14-17H2,1-2H3. The molecule has 37 heavy (non-hydrogen) atoms. The van der Waals surface area contributed by atoms with Gasteiger partial charge >= 0.3 is 6.09 Å². The second-order valence-corrected chi connectivity index (χ2v) is 9.98. The number of benzene rings is 3. The quantitative estimate of drug-likeness (QED) is 0.272. The third kappa shape index (κ3) is 6.77. The van der Waals surface area contributed by atoms with Crippen LogP contribution in [-0.4, -0.2) is 48.4 Å².